The molecule has 19 heavy (non-hydrogen) atoms. The molecule has 0 saturated carbocycles. The fraction of sp³-hybridized carbons (Fsp3) is 0.643. The van der Waals surface area contributed by atoms with Crippen LogP contribution in [0.4, 0.5) is 0 Å². The highest BCUT2D eigenvalue weighted by molar-refractivity contribution is 14.0. The third-order valence-electron chi connectivity index (χ3n) is 2.82. The van der Waals surface area contributed by atoms with E-state index in [1.165, 1.54) is 32.1 Å². The molecule has 0 fully saturated rings. The van der Waals surface area contributed by atoms with Gasteiger partial charge >= 0.3 is 0 Å². The van der Waals surface area contributed by atoms with Gasteiger partial charge in [-0.25, -0.2) is 4.99 Å². The van der Waals surface area contributed by atoms with Gasteiger partial charge in [0.25, 0.3) is 0 Å². The molecular weight excluding hydrogens is 353 g/mol. The van der Waals surface area contributed by atoms with Gasteiger partial charge in [-0.1, -0.05) is 39.0 Å². The highest BCUT2D eigenvalue weighted by atomic mass is 127. The number of nitrogens with one attached hydrogen (secondary N) is 1. The normalized spacial score (nSPS) is 11.1. The Morgan fingerprint density at radius 2 is 2.00 bits per heavy atom. The summed E-state index contributed by atoms with van der Waals surface area (Å²) >= 11 is 0. The molecule has 0 aliphatic heterocycles. The van der Waals surface area contributed by atoms with Gasteiger partial charge in [0.15, 0.2) is 5.96 Å². The first kappa shape index (κ1) is 18.3. The molecule has 1 rings (SSSR count). The highest BCUT2D eigenvalue weighted by Gasteiger charge is 1.95. The zero-order chi connectivity index (χ0) is 13.1. The summed E-state index contributed by atoms with van der Waals surface area (Å²) < 4.78 is 5.17. The van der Waals surface area contributed by atoms with E-state index in [0.717, 1.165) is 18.7 Å². The molecule has 4 nitrogen and oxygen atoms in total. The van der Waals surface area contributed by atoms with Crippen molar-refractivity contribution in [2.24, 2.45) is 10.7 Å². The maximum absolute atomic E-state index is 5.75. The molecule has 0 aromatic carbocycles. The topological polar surface area (TPSA) is 63.5 Å². The number of nitrogens with two attached hydrogens (primary N) is 1. The molecule has 110 valence electrons. The summed E-state index contributed by atoms with van der Waals surface area (Å²) in [4.78, 5) is 4.20. The van der Waals surface area contributed by atoms with Gasteiger partial charge in [0.2, 0.25) is 0 Å². The summed E-state index contributed by atoms with van der Waals surface area (Å²) in [7, 11) is 0. The Labute approximate surface area is 133 Å². The lowest BCUT2D eigenvalue weighted by Gasteiger charge is -2.05. The predicted molar refractivity (Wildman–Crippen MR) is 90.8 cm³/mol. The Kier molecular flexibility index (Phi) is 11.9. The van der Waals surface area contributed by atoms with Gasteiger partial charge in [-0.3, -0.25) is 0 Å². The predicted octanol–water partition coefficient (Wildman–Crippen LogP) is 3.66. The number of nitrogens with zero attached hydrogens (tertiary/aromatic N) is 1. The molecule has 0 unspecified atom stereocenters. The molecule has 5 heteroatoms. The number of hydrogen-bond donors (Lipinski definition) is 2. The summed E-state index contributed by atoms with van der Waals surface area (Å²) in [6.45, 7) is 3.64. The van der Waals surface area contributed by atoms with E-state index in [0.29, 0.717) is 12.5 Å². The second-order valence-electron chi connectivity index (χ2n) is 4.48. The molecule has 3 N–H and O–H groups in total. The maximum Gasteiger partial charge on any atom is 0.189 e. The van der Waals surface area contributed by atoms with Crippen molar-refractivity contribution in [1.29, 1.82) is 0 Å². The molecule has 0 aliphatic carbocycles. The third kappa shape index (κ3) is 9.81. The largest absolute Gasteiger partial charge is 0.467 e. The zero-order valence-electron chi connectivity index (χ0n) is 11.7. The van der Waals surface area contributed by atoms with Gasteiger partial charge in [-0.15, -0.1) is 24.0 Å². The van der Waals surface area contributed by atoms with Crippen LogP contribution in [-0.4, -0.2) is 12.5 Å². The van der Waals surface area contributed by atoms with E-state index >= 15 is 0 Å². The molecule has 1 heterocycles. The minimum Gasteiger partial charge on any atom is -0.467 e. The van der Waals surface area contributed by atoms with E-state index in [1.54, 1.807) is 6.26 Å². The number of rotatable bonds is 9. The van der Waals surface area contributed by atoms with E-state index in [2.05, 4.69) is 17.2 Å². The molecule has 0 bridgehead atoms. The molecule has 1 aromatic heterocycles. The third-order valence-corrected chi connectivity index (χ3v) is 2.82. The average Bonchev–Trinajstić information content (AvgIpc) is 2.88. The maximum atomic E-state index is 5.75. The fourth-order valence-electron chi connectivity index (χ4n) is 1.74. The van der Waals surface area contributed by atoms with Gasteiger partial charge in [0, 0.05) is 6.54 Å². The number of furan rings is 1. The Bertz CT molecular complexity index is 325. The Hall–Kier alpha value is -0.720. The van der Waals surface area contributed by atoms with Gasteiger partial charge in [-0.2, -0.15) is 0 Å². The van der Waals surface area contributed by atoms with Crippen molar-refractivity contribution in [2.45, 2.75) is 52.0 Å². The minimum atomic E-state index is 0. The SMILES string of the molecule is CCCCCCCCNC(N)=NCc1ccco1.I. The average molecular weight is 379 g/mol. The first-order chi connectivity index (χ1) is 8.83. The molecule has 0 aliphatic rings. The van der Waals surface area contributed by atoms with Crippen LogP contribution in [0.2, 0.25) is 0 Å². The van der Waals surface area contributed by atoms with Crippen LogP contribution in [0.5, 0.6) is 0 Å². The quantitative estimate of drug-likeness (QED) is 0.298. The summed E-state index contributed by atoms with van der Waals surface area (Å²) in [6, 6.07) is 3.75. The van der Waals surface area contributed by atoms with E-state index in [1.807, 2.05) is 12.1 Å². The van der Waals surface area contributed by atoms with Crippen LogP contribution in [0.15, 0.2) is 27.8 Å². The monoisotopic (exact) mass is 379 g/mol. The fourth-order valence-corrected chi connectivity index (χ4v) is 1.74. The van der Waals surface area contributed by atoms with Crippen LogP contribution in [0.25, 0.3) is 0 Å². The van der Waals surface area contributed by atoms with Crippen LogP contribution < -0.4 is 11.1 Å². The lowest BCUT2D eigenvalue weighted by Crippen LogP contribution is -2.32. The lowest BCUT2D eigenvalue weighted by molar-refractivity contribution is 0.512. The second kappa shape index (κ2) is 12.3. The van der Waals surface area contributed by atoms with Crippen molar-refractivity contribution in [3.8, 4) is 0 Å². The molecule has 1 aromatic rings. The van der Waals surface area contributed by atoms with E-state index in [-0.39, 0.29) is 24.0 Å². The van der Waals surface area contributed by atoms with Crippen molar-refractivity contribution in [2.75, 3.05) is 6.54 Å². The number of aliphatic imine (C=N–C) groups is 1. The van der Waals surface area contributed by atoms with Gasteiger partial charge in [0.1, 0.15) is 12.3 Å². The van der Waals surface area contributed by atoms with E-state index in [9.17, 15) is 0 Å². The zero-order valence-corrected chi connectivity index (χ0v) is 14.1. The smallest absolute Gasteiger partial charge is 0.189 e. The molecule has 0 atom stereocenters. The van der Waals surface area contributed by atoms with Crippen molar-refractivity contribution in [1.82, 2.24) is 5.32 Å². The first-order valence-corrected chi connectivity index (χ1v) is 6.89. The first-order valence-electron chi connectivity index (χ1n) is 6.89. The summed E-state index contributed by atoms with van der Waals surface area (Å²) in [5.41, 5.74) is 5.75. The van der Waals surface area contributed by atoms with Crippen LogP contribution in [-0.2, 0) is 6.54 Å². The van der Waals surface area contributed by atoms with Crippen LogP contribution in [0.1, 0.15) is 51.2 Å². The molecular formula is C14H26IN3O. The standard InChI is InChI=1S/C14H25N3O.HI/c1-2-3-4-5-6-7-10-16-14(15)17-12-13-9-8-11-18-13;/h8-9,11H,2-7,10,12H2,1H3,(H3,15,16,17);1H. The summed E-state index contributed by atoms with van der Waals surface area (Å²) in [5, 5.41) is 3.12. The highest BCUT2D eigenvalue weighted by Crippen LogP contribution is 2.04. The minimum absolute atomic E-state index is 0. The van der Waals surface area contributed by atoms with Crippen molar-refractivity contribution in [3.63, 3.8) is 0 Å². The number of halogens is 1. The van der Waals surface area contributed by atoms with Crippen LogP contribution >= 0.6 is 24.0 Å². The number of hydrogen-bond acceptors (Lipinski definition) is 2. The van der Waals surface area contributed by atoms with Gasteiger partial charge in [-0.05, 0) is 18.6 Å². The van der Waals surface area contributed by atoms with Crippen molar-refractivity contribution in [3.05, 3.63) is 24.2 Å². The Morgan fingerprint density at radius 1 is 1.26 bits per heavy atom. The van der Waals surface area contributed by atoms with E-state index in [4.69, 9.17) is 10.2 Å². The van der Waals surface area contributed by atoms with E-state index < -0.39 is 0 Å². The second-order valence-corrected chi connectivity index (χ2v) is 4.48. The number of unbranched alkanes of at least 4 members (excludes halogenated alkanes) is 5. The van der Waals surface area contributed by atoms with Crippen LogP contribution in [0, 0.1) is 0 Å². The van der Waals surface area contributed by atoms with Crippen molar-refractivity contribution < 1.29 is 4.42 Å². The number of guanidine groups is 1. The lowest BCUT2D eigenvalue weighted by atomic mass is 10.1. The van der Waals surface area contributed by atoms with Gasteiger partial charge in [0.05, 0.1) is 6.26 Å². The molecule has 0 radical (unpaired) electrons. The Morgan fingerprint density at radius 3 is 2.68 bits per heavy atom. The molecule has 0 spiro atoms. The summed E-state index contributed by atoms with van der Waals surface area (Å²) in [5.74, 6) is 1.33. The van der Waals surface area contributed by atoms with Gasteiger partial charge < -0.3 is 15.5 Å². The molecule has 0 amide bonds. The Balaban J connectivity index is 0.00000324. The summed E-state index contributed by atoms with van der Waals surface area (Å²) in [6.07, 6.45) is 9.37. The van der Waals surface area contributed by atoms with Crippen LogP contribution in [0.3, 0.4) is 0 Å². The van der Waals surface area contributed by atoms with Crippen molar-refractivity contribution >= 4 is 29.9 Å². The molecule has 0 saturated heterocycles.